The molecule has 1 saturated heterocycles. The maximum Gasteiger partial charge on any atom is 0.359 e. The summed E-state index contributed by atoms with van der Waals surface area (Å²) in [5.41, 5.74) is 1.58. The van der Waals surface area contributed by atoms with Gasteiger partial charge in [0.05, 0.1) is 12.3 Å². The molecule has 8 heteroatoms. The number of hydrogen-bond donors (Lipinski definition) is 1. The van der Waals surface area contributed by atoms with E-state index in [2.05, 4.69) is 15.2 Å². The number of carbonyl (C=O) groups excluding carboxylic acids is 2. The van der Waals surface area contributed by atoms with Crippen LogP contribution in [0.15, 0.2) is 47.5 Å². The predicted molar refractivity (Wildman–Crippen MR) is 141 cm³/mol. The predicted octanol–water partition coefficient (Wildman–Crippen LogP) is 4.94. The Bertz CT molecular complexity index is 1100. The van der Waals surface area contributed by atoms with Crippen LogP contribution in [-0.2, 0) is 4.79 Å². The van der Waals surface area contributed by atoms with Gasteiger partial charge in [-0.25, -0.2) is 9.79 Å². The number of aliphatic imine (C=N–C) groups is 1. The topological polar surface area (TPSA) is 71.0 Å². The van der Waals surface area contributed by atoms with Gasteiger partial charge in [0.15, 0.2) is 6.54 Å². The molecule has 186 valence electrons. The zero-order valence-corrected chi connectivity index (χ0v) is 21.3. The molecule has 1 N–H and O–H groups in total. The van der Waals surface area contributed by atoms with E-state index in [-0.39, 0.29) is 28.9 Å². The minimum Gasteiger partial charge on any atom is -0.494 e. The summed E-state index contributed by atoms with van der Waals surface area (Å²) in [6.45, 7) is 7.60. The molecule has 0 saturated carbocycles. The number of hydrogen-bond acceptors (Lipinski definition) is 5. The summed E-state index contributed by atoms with van der Waals surface area (Å²) in [6.07, 6.45) is 6.34. The first-order chi connectivity index (χ1) is 16.9. The van der Waals surface area contributed by atoms with Crippen molar-refractivity contribution in [3.05, 3.63) is 53.1 Å². The fourth-order valence-electron chi connectivity index (χ4n) is 4.68. The van der Waals surface area contributed by atoms with Crippen molar-refractivity contribution in [3.63, 3.8) is 0 Å². The van der Waals surface area contributed by atoms with Crippen LogP contribution in [0.4, 0.5) is 11.4 Å². The highest BCUT2D eigenvalue weighted by molar-refractivity contribution is 6.31. The second-order valence-corrected chi connectivity index (χ2v) is 10.00. The van der Waals surface area contributed by atoms with E-state index < -0.39 is 0 Å². The average molecular weight is 498 g/mol. The first-order valence-electron chi connectivity index (χ1n) is 12.4. The summed E-state index contributed by atoms with van der Waals surface area (Å²) >= 11 is 6.26. The molecular weight excluding hydrogens is 464 g/mol. The number of carbonyl (C=O) groups is 2. The SMILES string of the molecule is CC(C)NC(=O)C[N+]1(c2cccc(Cl)c2)C=Nc2ccc(OCCCN3CCCCC3)cc2C1=O. The molecule has 1 fully saturated rings. The molecule has 0 aromatic heterocycles. The molecule has 35 heavy (non-hydrogen) atoms. The highest BCUT2D eigenvalue weighted by Gasteiger charge is 2.45. The van der Waals surface area contributed by atoms with Crippen LogP contribution in [0.3, 0.4) is 0 Å². The number of halogens is 1. The lowest BCUT2D eigenvalue weighted by Crippen LogP contribution is -2.59. The first-order valence-corrected chi connectivity index (χ1v) is 12.8. The fraction of sp³-hybridized carbons (Fsp3) is 0.444. The Hall–Kier alpha value is -2.74. The third-order valence-electron chi connectivity index (χ3n) is 6.40. The molecule has 2 heterocycles. The third-order valence-corrected chi connectivity index (χ3v) is 6.64. The average Bonchev–Trinajstić information content (AvgIpc) is 2.84. The monoisotopic (exact) mass is 497 g/mol. The van der Waals surface area contributed by atoms with E-state index in [1.54, 1.807) is 36.4 Å². The minimum atomic E-state index is -0.371. The Labute approximate surface area is 212 Å². The Morgan fingerprint density at radius 1 is 1.17 bits per heavy atom. The maximum atomic E-state index is 14.0. The lowest BCUT2D eigenvalue weighted by Gasteiger charge is -2.33. The van der Waals surface area contributed by atoms with E-state index in [1.807, 2.05) is 19.9 Å². The van der Waals surface area contributed by atoms with Crippen LogP contribution in [0.1, 0.15) is 49.9 Å². The summed E-state index contributed by atoms with van der Waals surface area (Å²) in [4.78, 5) is 33.8. The number of quaternary nitrogens is 1. The van der Waals surface area contributed by atoms with Gasteiger partial charge in [0.25, 0.3) is 5.91 Å². The van der Waals surface area contributed by atoms with Crippen LogP contribution < -0.4 is 14.5 Å². The second kappa shape index (κ2) is 11.3. The molecular formula is C27H34ClN4O3+. The summed E-state index contributed by atoms with van der Waals surface area (Å²) < 4.78 is 5.63. The summed E-state index contributed by atoms with van der Waals surface area (Å²) in [5.74, 6) is 0.145. The van der Waals surface area contributed by atoms with Crippen LogP contribution in [0.2, 0.25) is 5.02 Å². The molecule has 7 nitrogen and oxygen atoms in total. The molecule has 1 atom stereocenters. The molecule has 2 aliphatic rings. The van der Waals surface area contributed by atoms with E-state index in [0.29, 0.717) is 34.3 Å². The normalized spacial score (nSPS) is 20.1. The fourth-order valence-corrected chi connectivity index (χ4v) is 4.87. The number of likely N-dealkylation sites (tertiary alicyclic amines) is 1. The molecule has 0 bridgehead atoms. The van der Waals surface area contributed by atoms with Gasteiger partial charge in [0.1, 0.15) is 17.0 Å². The van der Waals surface area contributed by atoms with E-state index in [1.165, 1.54) is 38.7 Å². The molecule has 0 spiro atoms. The molecule has 0 radical (unpaired) electrons. The van der Waals surface area contributed by atoms with Crippen molar-refractivity contribution in [3.8, 4) is 5.75 Å². The minimum absolute atomic E-state index is 0.0454. The van der Waals surface area contributed by atoms with Crippen molar-refractivity contribution in [2.75, 3.05) is 32.8 Å². The number of nitrogens with one attached hydrogen (secondary N) is 1. The Morgan fingerprint density at radius 3 is 2.71 bits per heavy atom. The van der Waals surface area contributed by atoms with E-state index >= 15 is 0 Å². The zero-order valence-electron chi connectivity index (χ0n) is 20.5. The van der Waals surface area contributed by atoms with Gasteiger partial charge in [0.2, 0.25) is 6.34 Å². The van der Waals surface area contributed by atoms with E-state index in [4.69, 9.17) is 16.3 Å². The smallest absolute Gasteiger partial charge is 0.359 e. The van der Waals surface area contributed by atoms with Gasteiger partial charge in [-0.15, -0.1) is 0 Å². The van der Waals surface area contributed by atoms with Gasteiger partial charge in [-0.3, -0.25) is 4.79 Å². The van der Waals surface area contributed by atoms with Crippen molar-refractivity contribution in [1.29, 1.82) is 0 Å². The Balaban J connectivity index is 1.54. The van der Waals surface area contributed by atoms with Crippen LogP contribution >= 0.6 is 11.6 Å². The Kier molecular flexibility index (Phi) is 8.21. The number of piperidine rings is 1. The number of ether oxygens (including phenoxy) is 1. The van der Waals surface area contributed by atoms with Crippen molar-refractivity contribution in [1.82, 2.24) is 14.7 Å². The third kappa shape index (κ3) is 6.10. The Morgan fingerprint density at radius 2 is 1.97 bits per heavy atom. The lowest BCUT2D eigenvalue weighted by molar-refractivity contribution is -0.121. The largest absolute Gasteiger partial charge is 0.494 e. The molecule has 2 amide bonds. The number of benzene rings is 2. The summed E-state index contributed by atoms with van der Waals surface area (Å²) in [7, 11) is 0. The second-order valence-electron chi connectivity index (χ2n) is 9.56. The highest BCUT2D eigenvalue weighted by atomic mass is 35.5. The van der Waals surface area contributed by atoms with Gasteiger partial charge in [-0.05, 0) is 70.5 Å². The first kappa shape index (κ1) is 25.4. The van der Waals surface area contributed by atoms with Crippen molar-refractivity contribution < 1.29 is 14.3 Å². The van der Waals surface area contributed by atoms with Crippen molar-refractivity contribution in [2.24, 2.45) is 4.99 Å². The quantitative estimate of drug-likeness (QED) is 0.393. The van der Waals surface area contributed by atoms with Gasteiger partial charge >= 0.3 is 5.91 Å². The van der Waals surface area contributed by atoms with Crippen LogP contribution in [0.25, 0.3) is 0 Å². The molecule has 2 aliphatic heterocycles. The number of nitrogens with zero attached hydrogens (tertiary/aromatic N) is 3. The van der Waals surface area contributed by atoms with E-state index in [9.17, 15) is 9.59 Å². The molecule has 2 aromatic rings. The van der Waals surface area contributed by atoms with E-state index in [0.717, 1.165) is 13.0 Å². The standard InChI is InChI=1S/C27H33ClN4O3/c1-20(2)30-26(33)18-32(22-9-6-8-21(28)16-22)19-29-25-11-10-23(17-24(25)27(32)34)35-15-7-14-31-12-4-3-5-13-31/h6,8-11,16-17,19-20H,3-5,7,12-15,18H2,1-2H3/p+1. The molecule has 2 aromatic carbocycles. The maximum absolute atomic E-state index is 14.0. The van der Waals surface area contributed by atoms with Crippen molar-refractivity contribution in [2.45, 2.75) is 45.6 Å². The van der Waals surface area contributed by atoms with Gasteiger partial charge in [0, 0.05) is 29.7 Å². The van der Waals surface area contributed by atoms with Gasteiger partial charge in [-0.1, -0.05) is 24.1 Å². The lowest BCUT2D eigenvalue weighted by atomic mass is 10.1. The van der Waals surface area contributed by atoms with Crippen LogP contribution in [0, 0.1) is 0 Å². The van der Waals surface area contributed by atoms with Gasteiger partial charge < -0.3 is 15.0 Å². The number of fused-ring (bicyclic) bond motifs is 1. The van der Waals surface area contributed by atoms with Crippen molar-refractivity contribution >= 4 is 41.1 Å². The number of amides is 2. The number of rotatable bonds is 9. The molecule has 0 aliphatic carbocycles. The van der Waals surface area contributed by atoms with Gasteiger partial charge in [-0.2, -0.15) is 4.48 Å². The highest BCUT2D eigenvalue weighted by Crippen LogP contribution is 2.36. The van der Waals surface area contributed by atoms with Crippen LogP contribution in [0.5, 0.6) is 5.75 Å². The summed E-state index contributed by atoms with van der Waals surface area (Å²) in [6, 6.07) is 12.4. The summed E-state index contributed by atoms with van der Waals surface area (Å²) in [5, 5.41) is 3.37. The zero-order chi connectivity index (χ0) is 24.8. The van der Waals surface area contributed by atoms with Crippen LogP contribution in [-0.4, -0.2) is 61.9 Å². The molecule has 4 rings (SSSR count). The molecule has 1 unspecified atom stereocenters.